The van der Waals surface area contributed by atoms with Crippen LogP contribution in [0.2, 0.25) is 0 Å². The number of aromatic nitrogens is 2. The highest BCUT2D eigenvalue weighted by molar-refractivity contribution is 6.02. The van der Waals surface area contributed by atoms with Gasteiger partial charge in [0.1, 0.15) is 11.5 Å². The molecule has 6 heteroatoms. The summed E-state index contributed by atoms with van der Waals surface area (Å²) >= 11 is 0. The molecule has 0 aliphatic heterocycles. The van der Waals surface area contributed by atoms with Crippen molar-refractivity contribution in [3.05, 3.63) is 53.8 Å². The van der Waals surface area contributed by atoms with Gasteiger partial charge in [-0.2, -0.15) is 9.78 Å². The monoisotopic (exact) mass is 298 g/mol. The maximum Gasteiger partial charge on any atom is 0.335 e. The number of carbonyl (C=O) groups excluding carboxylic acids is 1. The maximum absolute atomic E-state index is 13.1. The van der Waals surface area contributed by atoms with Crippen molar-refractivity contribution in [3.63, 3.8) is 0 Å². The smallest absolute Gasteiger partial charge is 0.335 e. The molecular formula is C16H11FN2O3. The van der Waals surface area contributed by atoms with E-state index in [1.54, 1.807) is 6.07 Å². The average Bonchev–Trinajstić information content (AvgIpc) is 2.87. The van der Waals surface area contributed by atoms with Crippen LogP contribution in [0, 0.1) is 5.82 Å². The lowest BCUT2D eigenvalue weighted by Gasteiger charge is -1.99. The molecule has 1 N–H and O–H groups in total. The van der Waals surface area contributed by atoms with Crippen LogP contribution >= 0.6 is 0 Å². The first-order chi connectivity index (χ1) is 10.5. The third-order valence-electron chi connectivity index (χ3n) is 3.34. The average molecular weight is 298 g/mol. The summed E-state index contributed by atoms with van der Waals surface area (Å²) in [5.41, 5.74) is 1.65. The largest absolute Gasteiger partial charge is 0.478 e. The van der Waals surface area contributed by atoms with Gasteiger partial charge in [-0.1, -0.05) is 0 Å². The molecule has 0 spiro atoms. The van der Waals surface area contributed by atoms with Crippen LogP contribution in [0.4, 0.5) is 4.39 Å². The Morgan fingerprint density at radius 3 is 2.41 bits per heavy atom. The van der Waals surface area contributed by atoms with E-state index < -0.39 is 5.97 Å². The first-order valence-electron chi connectivity index (χ1n) is 6.50. The van der Waals surface area contributed by atoms with Crippen molar-refractivity contribution in [2.24, 2.45) is 0 Å². The number of benzene rings is 2. The predicted octanol–water partition coefficient (Wildman–Crippen LogP) is 3.20. The van der Waals surface area contributed by atoms with Crippen LogP contribution in [-0.4, -0.2) is 26.8 Å². The van der Waals surface area contributed by atoms with Gasteiger partial charge < -0.3 is 5.11 Å². The second-order valence-electron chi connectivity index (χ2n) is 4.82. The second kappa shape index (κ2) is 5.07. The number of halogens is 1. The third-order valence-corrected chi connectivity index (χ3v) is 3.34. The van der Waals surface area contributed by atoms with Crippen LogP contribution in [0.3, 0.4) is 0 Å². The first-order valence-corrected chi connectivity index (χ1v) is 6.50. The highest BCUT2D eigenvalue weighted by Crippen LogP contribution is 2.29. The number of carboxylic acid groups (broad SMARTS) is 1. The molecule has 0 amide bonds. The van der Waals surface area contributed by atoms with E-state index in [0.717, 1.165) is 0 Å². The molecule has 0 bridgehead atoms. The first kappa shape index (κ1) is 13.9. The van der Waals surface area contributed by atoms with E-state index in [1.165, 1.54) is 48.0 Å². The summed E-state index contributed by atoms with van der Waals surface area (Å²) in [6.45, 7) is 1.37. The van der Waals surface area contributed by atoms with Crippen molar-refractivity contribution >= 4 is 22.8 Å². The van der Waals surface area contributed by atoms with Gasteiger partial charge in [0.15, 0.2) is 0 Å². The number of hydrogen-bond acceptors (Lipinski definition) is 3. The molecule has 22 heavy (non-hydrogen) atoms. The van der Waals surface area contributed by atoms with Gasteiger partial charge in [0.05, 0.1) is 11.1 Å². The zero-order valence-electron chi connectivity index (χ0n) is 11.6. The van der Waals surface area contributed by atoms with Crippen molar-refractivity contribution in [2.75, 3.05) is 0 Å². The topological polar surface area (TPSA) is 72.2 Å². The van der Waals surface area contributed by atoms with Crippen LogP contribution in [0.25, 0.3) is 22.2 Å². The highest BCUT2D eigenvalue weighted by atomic mass is 19.1. The lowest BCUT2D eigenvalue weighted by Crippen LogP contribution is -2.07. The molecule has 0 saturated heterocycles. The molecule has 1 heterocycles. The van der Waals surface area contributed by atoms with Gasteiger partial charge in [0.25, 0.3) is 0 Å². The van der Waals surface area contributed by atoms with Crippen LogP contribution in [-0.2, 0) is 0 Å². The van der Waals surface area contributed by atoms with E-state index in [0.29, 0.717) is 22.2 Å². The van der Waals surface area contributed by atoms with Gasteiger partial charge in [-0.3, -0.25) is 4.79 Å². The van der Waals surface area contributed by atoms with E-state index in [1.807, 2.05) is 0 Å². The van der Waals surface area contributed by atoms with Crippen LogP contribution in [0.5, 0.6) is 0 Å². The standard InChI is InChI=1S/C16H11FN2O3/c1-9(20)19-14-7-4-11(16(21)22)8-13(14)15(18-19)10-2-5-12(17)6-3-10/h2-8H,1H3,(H,21,22). The maximum atomic E-state index is 13.1. The van der Waals surface area contributed by atoms with Gasteiger partial charge >= 0.3 is 5.97 Å². The molecule has 0 fully saturated rings. The van der Waals surface area contributed by atoms with E-state index in [-0.39, 0.29) is 17.3 Å². The molecule has 0 saturated carbocycles. The molecule has 0 atom stereocenters. The summed E-state index contributed by atoms with van der Waals surface area (Å²) in [5, 5.41) is 13.9. The van der Waals surface area contributed by atoms with Crippen LogP contribution < -0.4 is 0 Å². The van der Waals surface area contributed by atoms with Crippen molar-refractivity contribution < 1.29 is 19.1 Å². The molecule has 3 rings (SSSR count). The summed E-state index contributed by atoms with van der Waals surface area (Å²) in [7, 11) is 0. The lowest BCUT2D eigenvalue weighted by atomic mass is 10.1. The minimum Gasteiger partial charge on any atom is -0.478 e. The van der Waals surface area contributed by atoms with Crippen molar-refractivity contribution in [3.8, 4) is 11.3 Å². The molecular weight excluding hydrogens is 287 g/mol. The Hall–Kier alpha value is -3.02. The fourth-order valence-electron chi connectivity index (χ4n) is 2.31. The van der Waals surface area contributed by atoms with Gasteiger partial charge in [-0.25, -0.2) is 9.18 Å². The predicted molar refractivity (Wildman–Crippen MR) is 78.4 cm³/mol. The van der Waals surface area contributed by atoms with E-state index in [9.17, 15) is 14.0 Å². The minimum atomic E-state index is -1.07. The summed E-state index contributed by atoms with van der Waals surface area (Å²) in [6, 6.07) is 10.1. The number of nitrogens with zero attached hydrogens (tertiary/aromatic N) is 2. The van der Waals surface area contributed by atoms with E-state index in [2.05, 4.69) is 5.10 Å². The Labute approximate surface area is 124 Å². The highest BCUT2D eigenvalue weighted by Gasteiger charge is 2.16. The van der Waals surface area contributed by atoms with Crippen molar-refractivity contribution in [1.82, 2.24) is 9.78 Å². The van der Waals surface area contributed by atoms with Gasteiger partial charge in [0, 0.05) is 17.9 Å². The molecule has 3 aromatic rings. The molecule has 0 unspecified atom stereocenters. The van der Waals surface area contributed by atoms with Crippen LogP contribution in [0.15, 0.2) is 42.5 Å². The summed E-state index contributed by atoms with van der Waals surface area (Å²) in [6.07, 6.45) is 0. The zero-order chi connectivity index (χ0) is 15.9. The van der Waals surface area contributed by atoms with Crippen LogP contribution in [0.1, 0.15) is 22.1 Å². The quantitative estimate of drug-likeness (QED) is 0.788. The lowest BCUT2D eigenvalue weighted by molar-refractivity contribution is 0.0697. The Morgan fingerprint density at radius 2 is 1.82 bits per heavy atom. The number of aromatic carboxylic acids is 1. The Balaban J connectivity index is 2.32. The minimum absolute atomic E-state index is 0.0963. The van der Waals surface area contributed by atoms with Crippen molar-refractivity contribution in [2.45, 2.75) is 6.92 Å². The van der Waals surface area contributed by atoms with Gasteiger partial charge in [-0.05, 0) is 42.5 Å². The number of rotatable bonds is 2. The molecule has 5 nitrogen and oxygen atoms in total. The molecule has 0 aliphatic carbocycles. The Bertz CT molecular complexity index is 898. The molecule has 110 valence electrons. The number of hydrogen-bond donors (Lipinski definition) is 1. The molecule has 1 aromatic heterocycles. The zero-order valence-corrected chi connectivity index (χ0v) is 11.6. The summed E-state index contributed by atoms with van der Waals surface area (Å²) in [5.74, 6) is -1.74. The normalized spacial score (nSPS) is 10.8. The van der Waals surface area contributed by atoms with E-state index in [4.69, 9.17) is 5.11 Å². The van der Waals surface area contributed by atoms with Gasteiger partial charge in [0.2, 0.25) is 5.91 Å². The molecule has 0 radical (unpaired) electrons. The number of fused-ring (bicyclic) bond motifs is 1. The Morgan fingerprint density at radius 1 is 1.14 bits per heavy atom. The summed E-state index contributed by atoms with van der Waals surface area (Å²) < 4.78 is 14.3. The second-order valence-corrected chi connectivity index (χ2v) is 4.82. The van der Waals surface area contributed by atoms with Gasteiger partial charge in [-0.15, -0.1) is 0 Å². The number of carboxylic acids is 1. The SMILES string of the molecule is CC(=O)n1nc(-c2ccc(F)cc2)c2cc(C(=O)O)ccc21. The van der Waals surface area contributed by atoms with E-state index >= 15 is 0 Å². The fraction of sp³-hybridized carbons (Fsp3) is 0.0625. The fourth-order valence-corrected chi connectivity index (χ4v) is 2.31. The molecule has 0 aliphatic rings. The third kappa shape index (κ3) is 2.24. The van der Waals surface area contributed by atoms with Crippen molar-refractivity contribution in [1.29, 1.82) is 0 Å². The summed E-state index contributed by atoms with van der Waals surface area (Å²) in [4.78, 5) is 22.8. The Kier molecular flexibility index (Phi) is 3.21. The molecule has 2 aromatic carbocycles. The number of carbonyl (C=O) groups is 2.